The quantitative estimate of drug-likeness (QED) is 0.819. The van der Waals surface area contributed by atoms with Gasteiger partial charge in [-0.1, -0.05) is 32.4 Å². The van der Waals surface area contributed by atoms with Crippen molar-refractivity contribution in [3.05, 3.63) is 16.5 Å². The van der Waals surface area contributed by atoms with Gasteiger partial charge in [-0.25, -0.2) is 9.97 Å². The van der Waals surface area contributed by atoms with Crippen molar-refractivity contribution < 1.29 is 0 Å². The molecule has 1 unspecified atom stereocenters. The predicted molar refractivity (Wildman–Crippen MR) is 69.1 cm³/mol. The van der Waals surface area contributed by atoms with Crippen molar-refractivity contribution in [3.8, 4) is 0 Å². The molecule has 0 aliphatic heterocycles. The minimum atomic E-state index is 0.420. The summed E-state index contributed by atoms with van der Waals surface area (Å²) in [6.45, 7) is 10.4. The van der Waals surface area contributed by atoms with Gasteiger partial charge < -0.3 is 5.32 Å². The highest BCUT2D eigenvalue weighted by atomic mass is 35.5. The van der Waals surface area contributed by atoms with Crippen molar-refractivity contribution in [2.24, 2.45) is 5.92 Å². The summed E-state index contributed by atoms with van der Waals surface area (Å²) in [5.74, 6) is 2.13. The van der Waals surface area contributed by atoms with E-state index in [0.29, 0.717) is 22.9 Å². The third kappa shape index (κ3) is 3.08. The summed E-state index contributed by atoms with van der Waals surface area (Å²) < 4.78 is 0. The normalized spacial score (nSPS) is 12.9. The summed E-state index contributed by atoms with van der Waals surface area (Å²) in [6.07, 6.45) is 1.07. The third-order valence-electron chi connectivity index (χ3n) is 2.76. The number of nitrogens with zero attached hydrogens (tertiary/aromatic N) is 2. The van der Waals surface area contributed by atoms with E-state index in [1.54, 1.807) is 0 Å². The summed E-state index contributed by atoms with van der Waals surface area (Å²) in [4.78, 5) is 8.52. The van der Waals surface area contributed by atoms with Gasteiger partial charge in [0.05, 0.1) is 0 Å². The van der Waals surface area contributed by atoms with Crippen molar-refractivity contribution in [1.82, 2.24) is 9.97 Å². The van der Waals surface area contributed by atoms with E-state index in [4.69, 9.17) is 11.6 Å². The monoisotopic (exact) mass is 241 g/mol. The van der Waals surface area contributed by atoms with Crippen LogP contribution in [-0.2, 0) is 0 Å². The zero-order valence-corrected chi connectivity index (χ0v) is 11.4. The van der Waals surface area contributed by atoms with Crippen molar-refractivity contribution >= 4 is 17.4 Å². The van der Waals surface area contributed by atoms with Crippen LogP contribution in [0.2, 0.25) is 5.15 Å². The first-order valence-corrected chi connectivity index (χ1v) is 6.10. The van der Waals surface area contributed by atoms with Crippen LogP contribution >= 0.6 is 11.6 Å². The van der Waals surface area contributed by atoms with E-state index in [1.165, 1.54) is 0 Å². The smallest absolute Gasteiger partial charge is 0.137 e. The predicted octanol–water partition coefficient (Wildman–Crippen LogP) is 3.59. The molecule has 16 heavy (non-hydrogen) atoms. The molecule has 4 heteroatoms. The molecule has 1 atom stereocenters. The molecule has 0 bridgehead atoms. The van der Waals surface area contributed by atoms with Crippen molar-refractivity contribution in [3.63, 3.8) is 0 Å². The molecule has 1 rings (SSSR count). The minimum Gasteiger partial charge on any atom is -0.367 e. The first-order valence-electron chi connectivity index (χ1n) is 5.73. The van der Waals surface area contributed by atoms with Crippen LogP contribution in [0.25, 0.3) is 0 Å². The lowest BCUT2D eigenvalue weighted by atomic mass is 10.0. The summed E-state index contributed by atoms with van der Waals surface area (Å²) in [5, 5.41) is 3.98. The van der Waals surface area contributed by atoms with Gasteiger partial charge in [0.25, 0.3) is 0 Å². The second-order valence-corrected chi connectivity index (χ2v) is 4.80. The molecular weight excluding hydrogens is 222 g/mol. The molecule has 3 nitrogen and oxygen atoms in total. The second kappa shape index (κ2) is 5.48. The Morgan fingerprint density at radius 1 is 1.25 bits per heavy atom. The Labute approximate surface area is 103 Å². The lowest BCUT2D eigenvalue weighted by Crippen LogP contribution is -2.26. The van der Waals surface area contributed by atoms with Gasteiger partial charge in [-0.15, -0.1) is 0 Å². The van der Waals surface area contributed by atoms with Crippen molar-refractivity contribution in [1.29, 1.82) is 0 Å². The summed E-state index contributed by atoms with van der Waals surface area (Å²) in [5.41, 5.74) is 0.923. The van der Waals surface area contributed by atoms with E-state index < -0.39 is 0 Å². The fourth-order valence-corrected chi connectivity index (χ4v) is 1.86. The number of anilines is 1. The number of nitrogens with one attached hydrogen (secondary N) is 1. The maximum Gasteiger partial charge on any atom is 0.137 e. The van der Waals surface area contributed by atoms with Crippen LogP contribution in [-0.4, -0.2) is 16.0 Å². The Morgan fingerprint density at radius 2 is 1.88 bits per heavy atom. The molecule has 0 aliphatic rings. The second-order valence-electron chi connectivity index (χ2n) is 4.44. The first-order chi connectivity index (χ1) is 7.45. The van der Waals surface area contributed by atoms with Gasteiger partial charge in [-0.05, 0) is 26.2 Å². The zero-order valence-electron chi connectivity index (χ0n) is 10.6. The summed E-state index contributed by atoms with van der Waals surface area (Å²) in [6, 6.07) is 0.420. The van der Waals surface area contributed by atoms with E-state index in [2.05, 4.69) is 36.1 Å². The minimum absolute atomic E-state index is 0.420. The average molecular weight is 242 g/mol. The number of halogens is 1. The number of aromatic nitrogens is 2. The standard InChI is InChI=1S/C12H20ClN3/c1-6-10(7(2)3)16-12-8(4)11(13)14-9(5)15-12/h7,10H,6H2,1-5H3,(H,14,15,16). The molecule has 1 heterocycles. The topological polar surface area (TPSA) is 37.8 Å². The van der Waals surface area contributed by atoms with Gasteiger partial charge in [0.2, 0.25) is 0 Å². The molecule has 0 saturated heterocycles. The third-order valence-corrected chi connectivity index (χ3v) is 3.13. The van der Waals surface area contributed by atoms with E-state index in [0.717, 1.165) is 17.8 Å². The molecule has 90 valence electrons. The Bertz CT molecular complexity index is 364. The lowest BCUT2D eigenvalue weighted by molar-refractivity contribution is 0.509. The molecule has 0 spiro atoms. The van der Waals surface area contributed by atoms with Crippen LogP contribution in [0.4, 0.5) is 5.82 Å². The molecule has 0 fully saturated rings. The average Bonchev–Trinajstić information content (AvgIpc) is 2.20. The highest BCUT2D eigenvalue weighted by molar-refractivity contribution is 6.30. The van der Waals surface area contributed by atoms with Gasteiger partial charge in [-0.3, -0.25) is 0 Å². The highest BCUT2D eigenvalue weighted by Crippen LogP contribution is 2.22. The number of aryl methyl sites for hydroxylation is 1. The van der Waals surface area contributed by atoms with E-state index in [-0.39, 0.29) is 0 Å². The Morgan fingerprint density at radius 3 is 2.38 bits per heavy atom. The lowest BCUT2D eigenvalue weighted by Gasteiger charge is -2.22. The maximum absolute atomic E-state index is 6.03. The molecule has 0 aromatic carbocycles. The van der Waals surface area contributed by atoms with E-state index >= 15 is 0 Å². The van der Waals surface area contributed by atoms with Gasteiger partial charge in [0, 0.05) is 11.6 Å². The first kappa shape index (κ1) is 13.2. The Hall–Kier alpha value is -0.830. The van der Waals surface area contributed by atoms with Crippen LogP contribution < -0.4 is 5.32 Å². The highest BCUT2D eigenvalue weighted by Gasteiger charge is 2.14. The van der Waals surface area contributed by atoms with Gasteiger partial charge in [0.15, 0.2) is 0 Å². The molecular formula is C12H20ClN3. The fourth-order valence-electron chi connectivity index (χ4n) is 1.65. The molecule has 0 amide bonds. The molecule has 1 N–H and O–H groups in total. The van der Waals surface area contributed by atoms with Gasteiger partial charge in [0.1, 0.15) is 16.8 Å². The van der Waals surface area contributed by atoms with E-state index in [9.17, 15) is 0 Å². The SMILES string of the molecule is CCC(Nc1nc(C)nc(Cl)c1C)C(C)C. The number of hydrogen-bond acceptors (Lipinski definition) is 3. The largest absolute Gasteiger partial charge is 0.367 e. The van der Waals surface area contributed by atoms with Crippen LogP contribution in [0.1, 0.15) is 38.6 Å². The molecule has 0 aliphatic carbocycles. The van der Waals surface area contributed by atoms with Crippen LogP contribution in [0.3, 0.4) is 0 Å². The van der Waals surface area contributed by atoms with Crippen LogP contribution in [0, 0.1) is 19.8 Å². The summed E-state index contributed by atoms with van der Waals surface area (Å²) in [7, 11) is 0. The molecule has 1 aromatic heterocycles. The fraction of sp³-hybridized carbons (Fsp3) is 0.667. The number of hydrogen-bond donors (Lipinski definition) is 1. The van der Waals surface area contributed by atoms with Crippen molar-refractivity contribution in [2.45, 2.75) is 47.1 Å². The van der Waals surface area contributed by atoms with E-state index in [1.807, 2.05) is 13.8 Å². The molecule has 1 aromatic rings. The van der Waals surface area contributed by atoms with Gasteiger partial charge in [-0.2, -0.15) is 0 Å². The maximum atomic E-state index is 6.03. The summed E-state index contributed by atoms with van der Waals surface area (Å²) >= 11 is 6.03. The molecule has 0 radical (unpaired) electrons. The molecule has 0 saturated carbocycles. The Balaban J connectivity index is 2.96. The Kier molecular flexibility index (Phi) is 4.54. The van der Waals surface area contributed by atoms with Gasteiger partial charge >= 0.3 is 0 Å². The zero-order chi connectivity index (χ0) is 12.3. The van der Waals surface area contributed by atoms with Crippen molar-refractivity contribution in [2.75, 3.05) is 5.32 Å². The van der Waals surface area contributed by atoms with Crippen LogP contribution in [0.15, 0.2) is 0 Å². The number of rotatable bonds is 4. The van der Waals surface area contributed by atoms with Crippen LogP contribution in [0.5, 0.6) is 0 Å².